The van der Waals surface area contributed by atoms with Crippen LogP contribution in [0.1, 0.15) is 24.0 Å². The molecule has 1 heterocycles. The van der Waals surface area contributed by atoms with Gasteiger partial charge in [0.25, 0.3) is 10.0 Å². The van der Waals surface area contributed by atoms with Gasteiger partial charge in [-0.05, 0) is 61.3 Å². The zero-order valence-corrected chi connectivity index (χ0v) is 19.7. The molecule has 1 aliphatic rings. The highest BCUT2D eigenvalue weighted by Gasteiger charge is 2.28. The molecule has 0 aromatic heterocycles. The van der Waals surface area contributed by atoms with E-state index in [1.807, 2.05) is 18.2 Å². The molecule has 3 aromatic carbocycles. The lowest BCUT2D eigenvalue weighted by atomic mass is 10.1. The average molecular weight is 482 g/mol. The second kappa shape index (κ2) is 10.8. The van der Waals surface area contributed by atoms with Gasteiger partial charge in [0.1, 0.15) is 12.4 Å². The maximum atomic E-state index is 14.6. The summed E-state index contributed by atoms with van der Waals surface area (Å²) in [5, 5.41) is 2.78. The van der Waals surface area contributed by atoms with Crippen LogP contribution in [0.5, 0.6) is 0 Å². The highest BCUT2D eigenvalue weighted by molar-refractivity contribution is 7.92. The summed E-state index contributed by atoms with van der Waals surface area (Å²) in [5.74, 6) is -1.24. The van der Waals surface area contributed by atoms with E-state index in [-0.39, 0.29) is 17.1 Å². The van der Waals surface area contributed by atoms with Crippen molar-refractivity contribution in [3.8, 4) is 0 Å². The summed E-state index contributed by atoms with van der Waals surface area (Å²) in [6.45, 7) is 2.79. The number of anilines is 1. The maximum absolute atomic E-state index is 14.6. The van der Waals surface area contributed by atoms with Crippen LogP contribution in [-0.4, -0.2) is 38.9 Å². The quantitative estimate of drug-likeness (QED) is 0.503. The largest absolute Gasteiger partial charge is 0.350 e. The topological polar surface area (TPSA) is 69.7 Å². The first-order valence-electron chi connectivity index (χ1n) is 11.3. The maximum Gasteiger partial charge on any atom is 0.264 e. The molecule has 1 fully saturated rings. The molecule has 34 heavy (non-hydrogen) atoms. The molecule has 1 N–H and O–H groups in total. The van der Waals surface area contributed by atoms with Crippen LogP contribution < -0.4 is 9.62 Å². The van der Waals surface area contributed by atoms with E-state index in [2.05, 4.69) is 16.3 Å². The Morgan fingerprint density at radius 3 is 2.32 bits per heavy atom. The van der Waals surface area contributed by atoms with Gasteiger partial charge in [-0.15, -0.1) is 0 Å². The molecule has 0 bridgehead atoms. The molecule has 1 saturated heterocycles. The minimum Gasteiger partial charge on any atom is -0.350 e. The van der Waals surface area contributed by atoms with Crippen LogP contribution >= 0.6 is 0 Å². The van der Waals surface area contributed by atoms with Crippen molar-refractivity contribution in [1.82, 2.24) is 10.2 Å². The molecule has 0 radical (unpaired) electrons. The molecule has 178 valence electrons. The third-order valence-corrected chi connectivity index (χ3v) is 7.60. The Kier molecular flexibility index (Phi) is 7.59. The number of hydrogen-bond acceptors (Lipinski definition) is 4. The molecule has 3 aromatic rings. The fourth-order valence-corrected chi connectivity index (χ4v) is 5.55. The molecular weight excluding hydrogens is 453 g/mol. The van der Waals surface area contributed by atoms with Crippen LogP contribution in [0.15, 0.2) is 83.8 Å². The fourth-order valence-electron chi connectivity index (χ4n) is 4.10. The number of carbonyl (C=O) groups excluding carboxylic acids is 1. The fraction of sp³-hybridized carbons (Fsp3) is 0.269. The number of rotatable bonds is 9. The molecule has 1 amide bonds. The lowest BCUT2D eigenvalue weighted by Crippen LogP contribution is -2.41. The molecule has 0 saturated carbocycles. The number of halogens is 1. The summed E-state index contributed by atoms with van der Waals surface area (Å²) >= 11 is 0. The van der Waals surface area contributed by atoms with Crippen molar-refractivity contribution in [2.75, 3.05) is 23.9 Å². The Hall–Kier alpha value is -3.23. The molecule has 0 aliphatic carbocycles. The van der Waals surface area contributed by atoms with Gasteiger partial charge >= 0.3 is 0 Å². The molecule has 0 unspecified atom stereocenters. The smallest absolute Gasteiger partial charge is 0.264 e. The van der Waals surface area contributed by atoms with Crippen molar-refractivity contribution < 1.29 is 17.6 Å². The van der Waals surface area contributed by atoms with Gasteiger partial charge in [0.2, 0.25) is 5.91 Å². The van der Waals surface area contributed by atoms with Crippen molar-refractivity contribution in [2.45, 2.75) is 30.8 Å². The summed E-state index contributed by atoms with van der Waals surface area (Å²) in [6, 6.07) is 21.2. The van der Waals surface area contributed by atoms with E-state index in [0.717, 1.165) is 29.5 Å². The normalized spacial score (nSPS) is 14.1. The van der Waals surface area contributed by atoms with Crippen molar-refractivity contribution in [3.63, 3.8) is 0 Å². The van der Waals surface area contributed by atoms with Gasteiger partial charge < -0.3 is 5.32 Å². The number of nitrogens with one attached hydrogen (secondary N) is 1. The van der Waals surface area contributed by atoms with Crippen LogP contribution in [0, 0.1) is 5.82 Å². The third kappa shape index (κ3) is 5.81. The molecule has 0 atom stereocenters. The van der Waals surface area contributed by atoms with Crippen molar-refractivity contribution in [2.24, 2.45) is 0 Å². The summed E-state index contributed by atoms with van der Waals surface area (Å²) in [7, 11) is -4.15. The van der Waals surface area contributed by atoms with Gasteiger partial charge in [0.15, 0.2) is 0 Å². The number of nitrogens with zero attached hydrogens (tertiary/aromatic N) is 2. The van der Waals surface area contributed by atoms with Crippen LogP contribution in [0.2, 0.25) is 0 Å². The van der Waals surface area contributed by atoms with E-state index < -0.39 is 28.3 Å². The second-order valence-electron chi connectivity index (χ2n) is 8.36. The van der Waals surface area contributed by atoms with Crippen molar-refractivity contribution in [3.05, 3.63) is 95.8 Å². The van der Waals surface area contributed by atoms with E-state index in [4.69, 9.17) is 0 Å². The predicted octanol–water partition coefficient (Wildman–Crippen LogP) is 3.93. The van der Waals surface area contributed by atoms with E-state index >= 15 is 0 Å². The number of para-hydroxylation sites is 1. The Morgan fingerprint density at radius 2 is 1.59 bits per heavy atom. The molecule has 4 rings (SSSR count). The summed E-state index contributed by atoms with van der Waals surface area (Å²) in [5.41, 5.74) is 1.93. The zero-order chi connectivity index (χ0) is 24.0. The number of amides is 1. The monoisotopic (exact) mass is 481 g/mol. The number of sulfonamides is 1. The highest BCUT2D eigenvalue weighted by atomic mass is 32.2. The van der Waals surface area contributed by atoms with Gasteiger partial charge in [0.05, 0.1) is 10.6 Å². The SMILES string of the molecule is O=C(CN(c1ccccc1F)S(=O)(=O)c1ccccc1)NCc1cccc(CN2CCCC2)c1. The van der Waals surface area contributed by atoms with E-state index in [9.17, 15) is 17.6 Å². The summed E-state index contributed by atoms with van der Waals surface area (Å²) < 4.78 is 41.9. The first kappa shape index (κ1) is 23.9. The van der Waals surface area contributed by atoms with Crippen molar-refractivity contribution in [1.29, 1.82) is 0 Å². The number of benzene rings is 3. The van der Waals surface area contributed by atoms with Gasteiger partial charge in [-0.3, -0.25) is 14.0 Å². The first-order valence-corrected chi connectivity index (χ1v) is 12.8. The molecular formula is C26H28FN3O3S. The minimum atomic E-state index is -4.15. The predicted molar refractivity (Wildman–Crippen MR) is 130 cm³/mol. The van der Waals surface area contributed by atoms with Gasteiger partial charge in [0, 0.05) is 13.1 Å². The van der Waals surface area contributed by atoms with Gasteiger partial charge in [-0.25, -0.2) is 12.8 Å². The minimum absolute atomic E-state index is 0.0133. The van der Waals surface area contributed by atoms with Crippen LogP contribution in [0.3, 0.4) is 0 Å². The Labute approximate surface area is 200 Å². The Balaban J connectivity index is 1.48. The van der Waals surface area contributed by atoms with E-state index in [1.54, 1.807) is 18.2 Å². The van der Waals surface area contributed by atoms with Crippen molar-refractivity contribution >= 4 is 21.6 Å². The number of likely N-dealkylation sites (tertiary alicyclic amines) is 1. The molecule has 8 heteroatoms. The average Bonchev–Trinajstić information content (AvgIpc) is 3.35. The Bertz CT molecular complexity index is 1230. The first-order chi connectivity index (χ1) is 16.4. The summed E-state index contributed by atoms with van der Waals surface area (Å²) in [4.78, 5) is 15.2. The van der Waals surface area contributed by atoms with Crippen LogP contribution in [0.25, 0.3) is 0 Å². The van der Waals surface area contributed by atoms with Gasteiger partial charge in [-0.1, -0.05) is 54.6 Å². The standard InChI is InChI=1S/C26H28FN3O3S/c27-24-13-4-5-14-25(24)30(34(32,33)23-11-2-1-3-12-23)20-26(31)28-18-21-9-8-10-22(17-21)19-29-15-6-7-16-29/h1-5,8-14,17H,6-7,15-16,18-20H2,(H,28,31). The third-order valence-electron chi connectivity index (χ3n) is 5.83. The van der Waals surface area contributed by atoms with Gasteiger partial charge in [-0.2, -0.15) is 0 Å². The Morgan fingerprint density at radius 1 is 0.912 bits per heavy atom. The molecule has 6 nitrogen and oxygen atoms in total. The highest BCUT2D eigenvalue weighted by Crippen LogP contribution is 2.26. The molecule has 0 spiro atoms. The zero-order valence-electron chi connectivity index (χ0n) is 18.9. The summed E-state index contributed by atoms with van der Waals surface area (Å²) in [6.07, 6.45) is 2.44. The molecule has 1 aliphatic heterocycles. The van der Waals surface area contributed by atoms with E-state index in [1.165, 1.54) is 54.8 Å². The number of hydrogen-bond donors (Lipinski definition) is 1. The lowest BCUT2D eigenvalue weighted by molar-refractivity contribution is -0.119. The van der Waals surface area contributed by atoms with Crippen LogP contribution in [-0.2, 0) is 27.9 Å². The number of carbonyl (C=O) groups is 1. The lowest BCUT2D eigenvalue weighted by Gasteiger charge is -2.24. The second-order valence-corrected chi connectivity index (χ2v) is 10.2. The van der Waals surface area contributed by atoms with E-state index in [0.29, 0.717) is 0 Å². The van der Waals surface area contributed by atoms with Crippen LogP contribution in [0.4, 0.5) is 10.1 Å².